The molecule has 1 amide bonds. The molecule has 3 aromatic rings. The second-order valence-corrected chi connectivity index (χ2v) is 7.53. The molecule has 150 valence electrons. The van der Waals surface area contributed by atoms with Crippen molar-refractivity contribution < 1.29 is 9.53 Å². The normalized spacial score (nSPS) is 13.9. The van der Waals surface area contributed by atoms with Crippen molar-refractivity contribution in [2.75, 3.05) is 25.1 Å². The Labute approximate surface area is 173 Å². The largest absolute Gasteiger partial charge is 0.467 e. The number of piperidine rings is 1. The SMILES string of the molecule is COc1nc(CNC(=O)c2nc(-c3ccccc3)cs2)nc(N2CCCCC2)n1. The van der Waals surface area contributed by atoms with Crippen molar-refractivity contribution in [1.29, 1.82) is 0 Å². The van der Waals surface area contributed by atoms with Crippen molar-refractivity contribution in [3.05, 3.63) is 46.5 Å². The predicted molar refractivity (Wildman–Crippen MR) is 111 cm³/mol. The quantitative estimate of drug-likeness (QED) is 0.668. The van der Waals surface area contributed by atoms with Crippen LogP contribution in [0.3, 0.4) is 0 Å². The van der Waals surface area contributed by atoms with Gasteiger partial charge in [-0.25, -0.2) is 4.98 Å². The molecule has 0 radical (unpaired) electrons. The van der Waals surface area contributed by atoms with Gasteiger partial charge in [0.05, 0.1) is 19.3 Å². The maximum Gasteiger partial charge on any atom is 0.321 e. The van der Waals surface area contributed by atoms with E-state index < -0.39 is 0 Å². The number of carbonyl (C=O) groups is 1. The molecule has 1 aliphatic rings. The molecule has 8 nitrogen and oxygen atoms in total. The summed E-state index contributed by atoms with van der Waals surface area (Å²) in [6.45, 7) is 2.01. The number of anilines is 1. The summed E-state index contributed by atoms with van der Waals surface area (Å²) < 4.78 is 5.22. The fourth-order valence-corrected chi connectivity index (χ4v) is 3.89. The van der Waals surface area contributed by atoms with E-state index in [9.17, 15) is 4.79 Å². The number of methoxy groups -OCH3 is 1. The Morgan fingerprint density at radius 3 is 2.66 bits per heavy atom. The number of carbonyl (C=O) groups excluding carboxylic acids is 1. The lowest BCUT2D eigenvalue weighted by molar-refractivity contribution is 0.0949. The first-order valence-electron chi connectivity index (χ1n) is 9.56. The van der Waals surface area contributed by atoms with Crippen molar-refractivity contribution >= 4 is 23.2 Å². The second-order valence-electron chi connectivity index (χ2n) is 6.67. The maximum absolute atomic E-state index is 12.5. The van der Waals surface area contributed by atoms with Crippen LogP contribution >= 0.6 is 11.3 Å². The van der Waals surface area contributed by atoms with E-state index in [1.54, 1.807) is 0 Å². The van der Waals surface area contributed by atoms with Crippen molar-refractivity contribution in [3.63, 3.8) is 0 Å². The summed E-state index contributed by atoms with van der Waals surface area (Å²) in [6, 6.07) is 10.0. The standard InChI is InChI=1S/C20H22N6O2S/c1-28-20-24-16(23-19(25-20)26-10-6-3-7-11-26)12-21-17(27)18-22-15(13-29-18)14-8-4-2-5-9-14/h2,4-5,8-9,13H,3,6-7,10-12H2,1H3,(H,21,27). The number of thiazole rings is 1. The van der Waals surface area contributed by atoms with Crippen molar-refractivity contribution in [2.24, 2.45) is 0 Å². The molecule has 1 fully saturated rings. The number of amides is 1. The lowest BCUT2D eigenvalue weighted by atomic mass is 10.1. The molecule has 0 saturated carbocycles. The molecule has 1 aromatic carbocycles. The molecular weight excluding hydrogens is 388 g/mol. The van der Waals surface area contributed by atoms with Crippen molar-refractivity contribution in [3.8, 4) is 17.3 Å². The summed E-state index contributed by atoms with van der Waals surface area (Å²) in [4.78, 5) is 32.2. The van der Waals surface area contributed by atoms with Gasteiger partial charge in [-0.1, -0.05) is 30.3 Å². The van der Waals surface area contributed by atoms with Gasteiger partial charge in [0.25, 0.3) is 5.91 Å². The van der Waals surface area contributed by atoms with Gasteiger partial charge in [0.2, 0.25) is 5.95 Å². The third-order valence-electron chi connectivity index (χ3n) is 4.65. The van der Waals surface area contributed by atoms with Crippen LogP contribution in [-0.4, -0.2) is 46.0 Å². The van der Waals surface area contributed by atoms with Crippen LogP contribution in [0.15, 0.2) is 35.7 Å². The maximum atomic E-state index is 12.5. The van der Waals surface area contributed by atoms with Crippen LogP contribution in [0.1, 0.15) is 34.9 Å². The molecule has 4 rings (SSSR count). The Bertz CT molecular complexity index is 972. The summed E-state index contributed by atoms with van der Waals surface area (Å²) in [5.41, 5.74) is 1.77. The van der Waals surface area contributed by atoms with E-state index in [2.05, 4.69) is 30.2 Å². The Morgan fingerprint density at radius 1 is 1.10 bits per heavy atom. The van der Waals surface area contributed by atoms with E-state index in [4.69, 9.17) is 4.74 Å². The third-order valence-corrected chi connectivity index (χ3v) is 5.49. The van der Waals surface area contributed by atoms with Gasteiger partial charge in [0.15, 0.2) is 10.8 Å². The minimum absolute atomic E-state index is 0.179. The lowest BCUT2D eigenvalue weighted by Gasteiger charge is -2.26. The van der Waals surface area contributed by atoms with Gasteiger partial charge in [0, 0.05) is 24.0 Å². The first kappa shape index (κ1) is 19.3. The van der Waals surface area contributed by atoms with E-state index in [0.29, 0.717) is 16.8 Å². The van der Waals surface area contributed by atoms with Crippen molar-refractivity contribution in [1.82, 2.24) is 25.3 Å². The number of nitrogens with one attached hydrogen (secondary N) is 1. The Balaban J connectivity index is 1.44. The third kappa shape index (κ3) is 4.68. The number of hydrogen-bond acceptors (Lipinski definition) is 8. The topological polar surface area (TPSA) is 93.1 Å². The van der Waals surface area contributed by atoms with Gasteiger partial charge < -0.3 is 15.0 Å². The predicted octanol–water partition coefficient (Wildman–Crippen LogP) is 2.92. The fraction of sp³-hybridized carbons (Fsp3) is 0.350. The Kier molecular flexibility index (Phi) is 5.95. The molecule has 0 aliphatic carbocycles. The molecule has 1 aliphatic heterocycles. The van der Waals surface area contributed by atoms with Gasteiger partial charge in [-0.15, -0.1) is 11.3 Å². The van der Waals surface area contributed by atoms with E-state index in [1.165, 1.54) is 24.9 Å². The Morgan fingerprint density at radius 2 is 1.90 bits per heavy atom. The first-order valence-corrected chi connectivity index (χ1v) is 10.4. The molecule has 0 unspecified atom stereocenters. The number of nitrogens with zero attached hydrogens (tertiary/aromatic N) is 5. The van der Waals surface area contributed by atoms with Crippen molar-refractivity contribution in [2.45, 2.75) is 25.8 Å². The van der Waals surface area contributed by atoms with Gasteiger partial charge in [-0.2, -0.15) is 15.0 Å². The van der Waals surface area contributed by atoms with Crippen LogP contribution in [-0.2, 0) is 6.54 Å². The number of ether oxygens (including phenoxy) is 1. The highest BCUT2D eigenvalue weighted by molar-refractivity contribution is 7.12. The lowest BCUT2D eigenvalue weighted by Crippen LogP contribution is -2.32. The van der Waals surface area contributed by atoms with Crippen LogP contribution in [0.4, 0.5) is 5.95 Å². The van der Waals surface area contributed by atoms with E-state index >= 15 is 0 Å². The van der Waals surface area contributed by atoms with E-state index in [-0.39, 0.29) is 18.5 Å². The summed E-state index contributed by atoms with van der Waals surface area (Å²) in [5.74, 6) is 0.808. The summed E-state index contributed by atoms with van der Waals surface area (Å²) in [6.07, 6.45) is 3.46. The molecule has 29 heavy (non-hydrogen) atoms. The number of aromatic nitrogens is 4. The molecule has 0 spiro atoms. The van der Waals surface area contributed by atoms with Crippen LogP contribution < -0.4 is 15.0 Å². The van der Waals surface area contributed by atoms with Crippen LogP contribution in [0, 0.1) is 0 Å². The minimum Gasteiger partial charge on any atom is -0.467 e. The molecule has 9 heteroatoms. The highest BCUT2D eigenvalue weighted by Gasteiger charge is 2.18. The summed E-state index contributed by atoms with van der Waals surface area (Å²) in [5, 5.41) is 5.13. The highest BCUT2D eigenvalue weighted by Crippen LogP contribution is 2.22. The zero-order valence-electron chi connectivity index (χ0n) is 16.2. The smallest absolute Gasteiger partial charge is 0.321 e. The fourth-order valence-electron chi connectivity index (χ4n) is 3.15. The van der Waals surface area contributed by atoms with Crippen LogP contribution in [0.2, 0.25) is 0 Å². The second kappa shape index (κ2) is 8.95. The molecule has 1 N–H and O–H groups in total. The molecule has 3 heterocycles. The average molecular weight is 411 g/mol. The molecule has 0 atom stereocenters. The van der Waals surface area contributed by atoms with Gasteiger partial charge in [-0.05, 0) is 19.3 Å². The average Bonchev–Trinajstić information content (AvgIpc) is 3.29. The van der Waals surface area contributed by atoms with Gasteiger partial charge in [-0.3, -0.25) is 4.79 Å². The zero-order chi connectivity index (χ0) is 20.1. The van der Waals surface area contributed by atoms with E-state index in [1.807, 2.05) is 35.7 Å². The van der Waals surface area contributed by atoms with Gasteiger partial charge >= 0.3 is 6.01 Å². The number of benzene rings is 1. The van der Waals surface area contributed by atoms with E-state index in [0.717, 1.165) is 37.2 Å². The molecule has 2 aromatic heterocycles. The monoisotopic (exact) mass is 410 g/mol. The first-order chi connectivity index (χ1) is 14.2. The Hall–Kier alpha value is -3.07. The highest BCUT2D eigenvalue weighted by atomic mass is 32.1. The van der Waals surface area contributed by atoms with Gasteiger partial charge in [0.1, 0.15) is 0 Å². The number of hydrogen-bond donors (Lipinski definition) is 1. The molecule has 0 bridgehead atoms. The zero-order valence-corrected chi connectivity index (χ0v) is 17.0. The molecular formula is C20H22N6O2S. The molecule has 1 saturated heterocycles. The number of rotatable bonds is 6. The minimum atomic E-state index is -0.254. The summed E-state index contributed by atoms with van der Waals surface area (Å²) >= 11 is 1.31. The van der Waals surface area contributed by atoms with Crippen LogP contribution in [0.5, 0.6) is 6.01 Å². The van der Waals surface area contributed by atoms with Crippen LogP contribution in [0.25, 0.3) is 11.3 Å². The summed E-state index contributed by atoms with van der Waals surface area (Å²) in [7, 11) is 1.53.